The van der Waals surface area contributed by atoms with Gasteiger partial charge < -0.3 is 9.13 Å². The Hall–Kier alpha value is -7.34. The number of nitrogens with zero attached hydrogens (tertiary/aromatic N) is 4. The molecule has 0 amide bonds. The summed E-state index contributed by atoms with van der Waals surface area (Å²) >= 11 is 0. The van der Waals surface area contributed by atoms with Crippen LogP contribution in [0.25, 0.3) is 100 Å². The molecule has 0 spiro atoms. The van der Waals surface area contributed by atoms with Gasteiger partial charge in [0.1, 0.15) is 0 Å². The number of hydrogen-bond acceptors (Lipinski definition) is 2. The number of aromatic nitrogens is 4. The molecule has 4 nitrogen and oxygen atoms in total. The molecule has 0 saturated heterocycles. The maximum atomic E-state index is 5.16. The lowest BCUT2D eigenvalue weighted by molar-refractivity contribution is 0.729. The Kier molecular flexibility index (Phi) is 9.14. The molecule has 304 valence electrons. The summed E-state index contributed by atoms with van der Waals surface area (Å²) in [4.78, 5) is 10.3. The van der Waals surface area contributed by atoms with E-state index in [2.05, 4.69) is 225 Å². The van der Waals surface area contributed by atoms with Crippen LogP contribution in [0.5, 0.6) is 0 Å². The lowest BCUT2D eigenvalue weighted by Gasteiger charge is -2.37. The van der Waals surface area contributed by atoms with Gasteiger partial charge in [-0.05, 0) is 82.9 Å². The highest BCUT2D eigenvalue weighted by Crippen LogP contribution is 2.39. The Bertz CT molecular complexity index is 3480. The summed E-state index contributed by atoms with van der Waals surface area (Å²) in [6.07, 6.45) is 0. The topological polar surface area (TPSA) is 35.6 Å². The van der Waals surface area contributed by atoms with Gasteiger partial charge in [0.15, 0.2) is 5.82 Å². The van der Waals surface area contributed by atoms with Crippen LogP contribution >= 0.6 is 0 Å². The Morgan fingerprint density at radius 2 is 0.778 bits per heavy atom. The molecule has 63 heavy (non-hydrogen) atoms. The van der Waals surface area contributed by atoms with Gasteiger partial charge in [-0.3, -0.25) is 0 Å². The number of hydrogen-bond donors (Lipinski definition) is 0. The van der Waals surface area contributed by atoms with Gasteiger partial charge in [-0.2, -0.15) is 0 Å². The van der Waals surface area contributed by atoms with Gasteiger partial charge in [-0.1, -0.05) is 173 Å². The van der Waals surface area contributed by atoms with Gasteiger partial charge in [0.2, 0.25) is 0 Å². The molecule has 5 heteroatoms. The normalized spacial score (nSPS) is 12.2. The second kappa shape index (κ2) is 14.9. The van der Waals surface area contributed by atoms with E-state index in [1.807, 2.05) is 18.2 Å². The van der Waals surface area contributed by atoms with E-state index < -0.39 is 8.07 Å². The summed E-state index contributed by atoms with van der Waals surface area (Å²) in [5.41, 5.74) is 14.4. The van der Waals surface area contributed by atoms with Crippen molar-refractivity contribution in [2.75, 3.05) is 0 Å². The van der Waals surface area contributed by atoms with Crippen LogP contribution in [0.15, 0.2) is 200 Å². The zero-order valence-corrected chi connectivity index (χ0v) is 37.3. The minimum atomic E-state index is -1.68. The van der Waals surface area contributed by atoms with Crippen molar-refractivity contribution in [3.05, 3.63) is 200 Å². The number of para-hydroxylation sites is 3. The van der Waals surface area contributed by atoms with Gasteiger partial charge >= 0.3 is 0 Å². The average Bonchev–Trinajstić information content (AvgIpc) is 3.84. The largest absolute Gasteiger partial charge is 0.309 e. The van der Waals surface area contributed by atoms with Gasteiger partial charge in [0.25, 0.3) is 0 Å². The van der Waals surface area contributed by atoms with E-state index in [1.54, 1.807) is 0 Å². The van der Waals surface area contributed by atoms with Crippen LogP contribution in [-0.4, -0.2) is 27.2 Å². The molecule has 0 bridgehead atoms. The van der Waals surface area contributed by atoms with Crippen LogP contribution < -0.4 is 5.19 Å². The Morgan fingerprint density at radius 1 is 0.365 bits per heavy atom. The van der Waals surface area contributed by atoms with Gasteiger partial charge in [-0.25, -0.2) is 9.97 Å². The van der Waals surface area contributed by atoms with E-state index in [-0.39, 0.29) is 5.04 Å². The number of benzene rings is 8. The third-order valence-corrected chi connectivity index (χ3v) is 19.2. The first kappa shape index (κ1) is 38.6. The van der Waals surface area contributed by atoms with Gasteiger partial charge in [-0.15, -0.1) is 0 Å². The molecular formula is C58H48N4Si. The smallest absolute Gasteiger partial charge is 0.160 e. The number of fused-ring (bicyclic) bond motifs is 6. The summed E-state index contributed by atoms with van der Waals surface area (Å²) in [6, 6.07) is 72.4. The molecule has 0 atom stereocenters. The first-order valence-corrected chi connectivity index (χ1v) is 24.9. The van der Waals surface area contributed by atoms with Crippen LogP contribution in [0.3, 0.4) is 0 Å². The molecule has 0 radical (unpaired) electrons. The molecule has 0 fully saturated rings. The highest BCUT2D eigenvalue weighted by Gasteiger charge is 2.36. The van der Waals surface area contributed by atoms with Gasteiger partial charge in [0, 0.05) is 49.6 Å². The zero-order valence-electron chi connectivity index (χ0n) is 36.3. The highest BCUT2D eigenvalue weighted by molar-refractivity contribution is 6.92. The maximum Gasteiger partial charge on any atom is 0.160 e. The SMILES string of the molecule is CC(C)(C)[Si](C)(C)c1ccc(-c2cc(-c3ccc(-n4c5ccccc5c5cc(-c6ccc7c(c6)c6ccccc6n7-c6ccccc6)ccc54)cc3)nc(-c3ccccc3)n2)cc1. The summed E-state index contributed by atoms with van der Waals surface area (Å²) in [5, 5.41) is 6.68. The second-order valence-corrected chi connectivity index (χ2v) is 23.7. The van der Waals surface area contributed by atoms with Crippen LogP contribution in [0.2, 0.25) is 18.1 Å². The fourth-order valence-corrected chi connectivity index (χ4v) is 11.0. The molecule has 8 aromatic carbocycles. The molecule has 0 aliphatic carbocycles. The van der Waals surface area contributed by atoms with E-state index in [1.165, 1.54) is 65.6 Å². The lowest BCUT2D eigenvalue weighted by atomic mass is 10.0. The number of rotatable bonds is 7. The molecule has 0 aliphatic heterocycles. The Morgan fingerprint density at radius 3 is 1.29 bits per heavy atom. The van der Waals surface area contributed by atoms with E-state index in [9.17, 15) is 0 Å². The maximum absolute atomic E-state index is 5.16. The first-order chi connectivity index (χ1) is 30.6. The molecular weight excluding hydrogens is 781 g/mol. The molecule has 3 heterocycles. The lowest BCUT2D eigenvalue weighted by Crippen LogP contribution is -2.49. The standard InChI is InChI=1S/C58H48N4Si/c1-58(2,3)63(4,5)46-32-26-40(27-33-46)52-38-51(59-57(60-52)41-16-8-6-9-17-41)39-24-30-45(31-25-39)62-54-23-15-13-21-48(54)50-37-43(29-35-56(50)62)42-28-34-55-49(36-42)47-20-12-14-22-53(47)61(55)44-18-10-7-11-19-44/h6-38H,1-5H3. The third kappa shape index (κ3) is 6.59. The van der Waals surface area contributed by atoms with Crippen molar-refractivity contribution >= 4 is 56.9 Å². The molecule has 0 aliphatic rings. The summed E-state index contributed by atoms with van der Waals surface area (Å²) < 4.78 is 4.76. The van der Waals surface area contributed by atoms with Gasteiger partial charge in [0.05, 0.1) is 41.5 Å². The predicted octanol–water partition coefficient (Wildman–Crippen LogP) is 15.1. The minimum absolute atomic E-state index is 0.258. The summed E-state index contributed by atoms with van der Waals surface area (Å²) in [7, 11) is -1.68. The van der Waals surface area contributed by atoms with E-state index in [0.29, 0.717) is 0 Å². The molecule has 0 unspecified atom stereocenters. The molecule has 11 aromatic rings. The monoisotopic (exact) mass is 828 g/mol. The average molecular weight is 829 g/mol. The Labute approximate surface area is 369 Å². The van der Waals surface area contributed by atoms with Crippen molar-refractivity contribution in [3.8, 4) is 56.4 Å². The van der Waals surface area contributed by atoms with Crippen molar-refractivity contribution in [1.82, 2.24) is 19.1 Å². The van der Waals surface area contributed by atoms with Crippen LogP contribution in [0.4, 0.5) is 0 Å². The highest BCUT2D eigenvalue weighted by atomic mass is 28.3. The fourth-order valence-electron chi connectivity index (χ4n) is 9.17. The minimum Gasteiger partial charge on any atom is -0.309 e. The van der Waals surface area contributed by atoms with Crippen molar-refractivity contribution in [3.63, 3.8) is 0 Å². The second-order valence-electron chi connectivity index (χ2n) is 18.3. The van der Waals surface area contributed by atoms with Crippen molar-refractivity contribution in [2.24, 2.45) is 0 Å². The molecule has 0 N–H and O–H groups in total. The van der Waals surface area contributed by atoms with Crippen molar-refractivity contribution < 1.29 is 0 Å². The first-order valence-electron chi connectivity index (χ1n) is 21.9. The summed E-state index contributed by atoms with van der Waals surface area (Å²) in [5.74, 6) is 0.722. The third-order valence-electron chi connectivity index (χ3n) is 13.6. The molecule has 0 saturated carbocycles. The van der Waals surface area contributed by atoms with Crippen LogP contribution in [-0.2, 0) is 0 Å². The van der Waals surface area contributed by atoms with Crippen molar-refractivity contribution in [2.45, 2.75) is 38.9 Å². The molecule has 3 aromatic heterocycles. The van der Waals surface area contributed by atoms with E-state index in [4.69, 9.17) is 9.97 Å². The summed E-state index contributed by atoms with van der Waals surface area (Å²) in [6.45, 7) is 12.0. The zero-order chi connectivity index (χ0) is 42.9. The van der Waals surface area contributed by atoms with E-state index >= 15 is 0 Å². The predicted molar refractivity (Wildman–Crippen MR) is 269 cm³/mol. The fraction of sp³-hybridized carbons (Fsp3) is 0.103. The molecule has 11 rings (SSSR count). The quantitative estimate of drug-likeness (QED) is 0.150. The van der Waals surface area contributed by atoms with E-state index in [0.717, 1.165) is 39.6 Å². The Balaban J connectivity index is 0.979. The van der Waals surface area contributed by atoms with Crippen molar-refractivity contribution in [1.29, 1.82) is 0 Å². The van der Waals surface area contributed by atoms with Crippen LogP contribution in [0, 0.1) is 0 Å². The van der Waals surface area contributed by atoms with Crippen LogP contribution in [0.1, 0.15) is 20.8 Å².